The van der Waals surface area contributed by atoms with Gasteiger partial charge in [-0.3, -0.25) is 0 Å². The van der Waals surface area contributed by atoms with Crippen molar-refractivity contribution in [2.75, 3.05) is 6.54 Å². The van der Waals surface area contributed by atoms with Crippen LogP contribution in [0.3, 0.4) is 0 Å². The van der Waals surface area contributed by atoms with E-state index in [1.54, 1.807) is 10.4 Å². The lowest BCUT2D eigenvalue weighted by Crippen LogP contribution is -2.23. The largest absolute Gasteiger partial charge is 0.306 e. The molecule has 0 fully saturated rings. The molecule has 2 heteroatoms. The summed E-state index contributed by atoms with van der Waals surface area (Å²) in [5.74, 6) is 0. The average Bonchev–Trinajstić information content (AvgIpc) is 3.02. The fraction of sp³-hybridized carbons (Fsp3) is 0.474. The molecule has 1 atom stereocenters. The molecule has 1 aliphatic rings. The number of nitrogens with one attached hydrogen (secondary N) is 1. The number of hydrogen-bond donors (Lipinski definition) is 1. The van der Waals surface area contributed by atoms with E-state index in [1.807, 2.05) is 11.3 Å². The summed E-state index contributed by atoms with van der Waals surface area (Å²) in [4.78, 5) is 3.12. The predicted octanol–water partition coefficient (Wildman–Crippen LogP) is 4.94. The second-order valence-electron chi connectivity index (χ2n) is 6.20. The van der Waals surface area contributed by atoms with Crippen molar-refractivity contribution in [3.05, 3.63) is 56.3 Å². The minimum atomic E-state index is 0.362. The topological polar surface area (TPSA) is 12.0 Å². The van der Waals surface area contributed by atoms with Gasteiger partial charge in [0.1, 0.15) is 0 Å². The van der Waals surface area contributed by atoms with E-state index in [1.165, 1.54) is 47.3 Å². The molecule has 0 amide bonds. The fourth-order valence-corrected chi connectivity index (χ4v) is 4.65. The van der Waals surface area contributed by atoms with Gasteiger partial charge < -0.3 is 5.32 Å². The van der Waals surface area contributed by atoms with Gasteiger partial charge in [-0.15, -0.1) is 11.3 Å². The first kappa shape index (κ1) is 14.8. The minimum absolute atomic E-state index is 0.362. The van der Waals surface area contributed by atoms with Crippen molar-refractivity contribution in [2.45, 2.75) is 52.5 Å². The monoisotopic (exact) mass is 299 g/mol. The Bertz CT molecular complexity index is 605. The summed E-state index contributed by atoms with van der Waals surface area (Å²) < 4.78 is 0. The Morgan fingerprint density at radius 3 is 2.76 bits per heavy atom. The van der Waals surface area contributed by atoms with Crippen LogP contribution in [0.25, 0.3) is 0 Å². The Kier molecular flexibility index (Phi) is 4.46. The molecule has 0 bridgehead atoms. The molecular weight excluding hydrogens is 274 g/mol. The van der Waals surface area contributed by atoms with Crippen molar-refractivity contribution >= 4 is 11.3 Å². The number of hydrogen-bond acceptors (Lipinski definition) is 2. The molecule has 1 aromatic carbocycles. The predicted molar refractivity (Wildman–Crippen MR) is 92.4 cm³/mol. The fourth-order valence-electron chi connectivity index (χ4n) is 3.30. The smallest absolute Gasteiger partial charge is 0.0673 e. The van der Waals surface area contributed by atoms with Crippen LogP contribution in [0.1, 0.15) is 57.8 Å². The number of fused-ring (bicyclic) bond motifs is 1. The lowest BCUT2D eigenvalue weighted by Gasteiger charge is -2.20. The third-order valence-electron chi connectivity index (χ3n) is 4.38. The molecular formula is C19H25NS. The maximum Gasteiger partial charge on any atom is 0.0673 e. The van der Waals surface area contributed by atoms with Crippen molar-refractivity contribution < 1.29 is 0 Å². The van der Waals surface area contributed by atoms with Gasteiger partial charge in [0.2, 0.25) is 0 Å². The van der Waals surface area contributed by atoms with Gasteiger partial charge in [0, 0.05) is 9.75 Å². The van der Waals surface area contributed by atoms with Gasteiger partial charge in [0.15, 0.2) is 0 Å². The van der Waals surface area contributed by atoms with Gasteiger partial charge in [-0.25, -0.2) is 0 Å². The number of aryl methyl sites for hydroxylation is 4. The molecule has 3 rings (SSSR count). The lowest BCUT2D eigenvalue weighted by molar-refractivity contribution is 0.603. The van der Waals surface area contributed by atoms with E-state index >= 15 is 0 Å². The van der Waals surface area contributed by atoms with Crippen LogP contribution >= 0.6 is 11.3 Å². The maximum atomic E-state index is 3.76. The Balaban J connectivity index is 1.96. The molecule has 1 nitrogen and oxygen atoms in total. The number of benzene rings is 1. The first-order chi connectivity index (χ1) is 10.2. The molecule has 0 aliphatic heterocycles. The second-order valence-corrected chi connectivity index (χ2v) is 7.37. The highest BCUT2D eigenvalue weighted by atomic mass is 32.1. The summed E-state index contributed by atoms with van der Waals surface area (Å²) in [6.07, 6.45) is 5.08. The van der Waals surface area contributed by atoms with Crippen LogP contribution in [0.15, 0.2) is 24.3 Å². The van der Waals surface area contributed by atoms with Crippen LogP contribution < -0.4 is 5.32 Å². The Labute approximate surface area is 132 Å². The first-order valence-corrected chi connectivity index (χ1v) is 8.92. The Hall–Kier alpha value is -1.12. The zero-order chi connectivity index (χ0) is 14.8. The van der Waals surface area contributed by atoms with E-state index in [-0.39, 0.29) is 0 Å². The quantitative estimate of drug-likeness (QED) is 0.824. The molecule has 1 heterocycles. The number of rotatable bonds is 5. The molecule has 2 aromatic rings. The van der Waals surface area contributed by atoms with Crippen LogP contribution in [-0.4, -0.2) is 6.54 Å². The van der Waals surface area contributed by atoms with E-state index in [0.29, 0.717) is 6.04 Å². The first-order valence-electron chi connectivity index (χ1n) is 8.11. The Morgan fingerprint density at radius 1 is 1.19 bits per heavy atom. The van der Waals surface area contributed by atoms with Crippen LogP contribution in [0.5, 0.6) is 0 Å². The molecule has 1 N–H and O–H groups in total. The highest BCUT2D eigenvalue weighted by Gasteiger charge is 2.22. The average molecular weight is 299 g/mol. The standard InChI is InChI=1S/C19H25NS/c1-4-10-20-19(16-9-8-13(2)11-14(16)3)18-12-15-6-5-7-17(15)21-18/h8-9,11-12,19-20H,4-7,10H2,1-3H3. The summed E-state index contributed by atoms with van der Waals surface area (Å²) in [6.45, 7) is 7.72. The van der Waals surface area contributed by atoms with Gasteiger partial charge in [-0.2, -0.15) is 0 Å². The molecule has 0 saturated carbocycles. The summed E-state index contributed by atoms with van der Waals surface area (Å²) in [5, 5.41) is 3.76. The van der Waals surface area contributed by atoms with Crippen molar-refractivity contribution in [3.63, 3.8) is 0 Å². The van der Waals surface area contributed by atoms with Crippen molar-refractivity contribution in [2.24, 2.45) is 0 Å². The van der Waals surface area contributed by atoms with E-state index < -0.39 is 0 Å². The van der Waals surface area contributed by atoms with Crippen molar-refractivity contribution in [3.8, 4) is 0 Å². The molecule has 0 radical (unpaired) electrons. The zero-order valence-electron chi connectivity index (χ0n) is 13.3. The van der Waals surface area contributed by atoms with Crippen molar-refractivity contribution in [1.29, 1.82) is 0 Å². The van der Waals surface area contributed by atoms with Crippen LogP contribution in [0.2, 0.25) is 0 Å². The molecule has 112 valence electrons. The van der Waals surface area contributed by atoms with Crippen LogP contribution in [0.4, 0.5) is 0 Å². The van der Waals surface area contributed by atoms with E-state index in [4.69, 9.17) is 0 Å². The highest BCUT2D eigenvalue weighted by molar-refractivity contribution is 7.12. The van der Waals surface area contributed by atoms with Gasteiger partial charge in [0.05, 0.1) is 6.04 Å². The molecule has 1 aromatic heterocycles. The van der Waals surface area contributed by atoms with Crippen molar-refractivity contribution in [1.82, 2.24) is 5.32 Å². The van der Waals surface area contributed by atoms with Gasteiger partial charge in [-0.05, 0) is 68.8 Å². The van der Waals surface area contributed by atoms with E-state index in [0.717, 1.165) is 6.54 Å². The highest BCUT2D eigenvalue weighted by Crippen LogP contribution is 2.37. The molecule has 1 aliphatic carbocycles. The third kappa shape index (κ3) is 3.07. The summed E-state index contributed by atoms with van der Waals surface area (Å²) in [7, 11) is 0. The number of thiophene rings is 1. The zero-order valence-corrected chi connectivity index (χ0v) is 14.1. The van der Waals surface area contributed by atoms with Gasteiger partial charge in [-0.1, -0.05) is 30.7 Å². The third-order valence-corrected chi connectivity index (χ3v) is 5.69. The van der Waals surface area contributed by atoms with E-state index in [2.05, 4.69) is 50.4 Å². The normalized spacial score (nSPS) is 15.2. The molecule has 1 unspecified atom stereocenters. The summed E-state index contributed by atoms with van der Waals surface area (Å²) >= 11 is 2.03. The maximum absolute atomic E-state index is 3.76. The summed E-state index contributed by atoms with van der Waals surface area (Å²) in [6, 6.07) is 9.67. The molecule has 0 spiro atoms. The lowest BCUT2D eigenvalue weighted by atomic mass is 9.97. The second kappa shape index (κ2) is 6.33. The van der Waals surface area contributed by atoms with Gasteiger partial charge >= 0.3 is 0 Å². The van der Waals surface area contributed by atoms with Crippen LogP contribution in [-0.2, 0) is 12.8 Å². The Morgan fingerprint density at radius 2 is 2.05 bits per heavy atom. The van der Waals surface area contributed by atoms with E-state index in [9.17, 15) is 0 Å². The summed E-state index contributed by atoms with van der Waals surface area (Å²) in [5.41, 5.74) is 5.79. The van der Waals surface area contributed by atoms with Crippen LogP contribution in [0, 0.1) is 13.8 Å². The molecule has 0 saturated heterocycles. The SMILES string of the molecule is CCCNC(c1cc2c(s1)CCC2)c1ccc(C)cc1C. The minimum Gasteiger partial charge on any atom is -0.306 e. The van der Waals surface area contributed by atoms with Gasteiger partial charge in [0.25, 0.3) is 0 Å². The molecule has 21 heavy (non-hydrogen) atoms.